The van der Waals surface area contributed by atoms with E-state index >= 15 is 0 Å². The number of aryl methyl sites for hydroxylation is 2. The van der Waals surface area contributed by atoms with E-state index in [1.54, 1.807) is 23.9 Å². The van der Waals surface area contributed by atoms with Gasteiger partial charge in [0.15, 0.2) is 5.16 Å². The summed E-state index contributed by atoms with van der Waals surface area (Å²) >= 11 is 9.08. The number of carbonyl (C=O) groups is 1. The van der Waals surface area contributed by atoms with Gasteiger partial charge in [0.1, 0.15) is 5.82 Å². The van der Waals surface area contributed by atoms with Gasteiger partial charge in [-0.25, -0.2) is 0 Å². The minimum absolute atomic E-state index is 0.103. The summed E-state index contributed by atoms with van der Waals surface area (Å²) in [7, 11) is 1.92. The lowest BCUT2D eigenvalue weighted by Crippen LogP contribution is -2.15. The highest BCUT2D eigenvalue weighted by atomic mass is 35.5. The second-order valence-corrected chi connectivity index (χ2v) is 8.78. The highest BCUT2D eigenvalue weighted by Gasteiger charge is 2.12. The van der Waals surface area contributed by atoms with Crippen LogP contribution in [0, 0.1) is 13.8 Å². The average Bonchev–Trinajstić information content (AvgIpc) is 3.02. The molecule has 0 saturated carbocycles. The van der Waals surface area contributed by atoms with Crippen molar-refractivity contribution in [2.75, 3.05) is 11.1 Å². The zero-order valence-corrected chi connectivity index (χ0v) is 18.3. The lowest BCUT2D eigenvalue weighted by Gasteiger charge is -2.08. The molecule has 0 spiro atoms. The Morgan fingerprint density at radius 3 is 2.61 bits per heavy atom. The number of hydrogen-bond acceptors (Lipinski definition) is 5. The van der Waals surface area contributed by atoms with Crippen LogP contribution in [0.25, 0.3) is 0 Å². The van der Waals surface area contributed by atoms with Crippen LogP contribution in [0.15, 0.2) is 52.5 Å². The molecule has 3 rings (SSSR count). The van der Waals surface area contributed by atoms with Crippen LogP contribution >= 0.6 is 35.1 Å². The van der Waals surface area contributed by atoms with Crippen molar-refractivity contribution in [1.82, 2.24) is 14.8 Å². The van der Waals surface area contributed by atoms with Gasteiger partial charge in [-0.2, -0.15) is 0 Å². The molecule has 146 valence electrons. The first-order valence-corrected chi connectivity index (χ1v) is 11.0. The number of carbonyl (C=O) groups excluding carboxylic acids is 1. The van der Waals surface area contributed by atoms with Crippen LogP contribution in [0.1, 0.15) is 17.0 Å². The fourth-order valence-corrected chi connectivity index (χ4v) is 4.20. The quantitative estimate of drug-likeness (QED) is 0.526. The number of benzene rings is 2. The van der Waals surface area contributed by atoms with Crippen LogP contribution in [-0.4, -0.2) is 26.4 Å². The fourth-order valence-electron chi connectivity index (χ4n) is 2.42. The molecular weight excluding hydrogens is 412 g/mol. The molecule has 0 unspecified atom stereocenters. The molecule has 2 aromatic carbocycles. The first kappa shape index (κ1) is 20.8. The molecule has 0 atom stereocenters. The molecule has 28 heavy (non-hydrogen) atoms. The van der Waals surface area contributed by atoms with Crippen molar-refractivity contribution in [1.29, 1.82) is 0 Å². The first-order valence-electron chi connectivity index (χ1n) is 8.69. The average molecular weight is 433 g/mol. The molecule has 0 aliphatic rings. The SMILES string of the molecule is Cc1ccc(SCc2nnc(SCC(=O)Nc3cc(Cl)ccc3C)n2C)cc1. The summed E-state index contributed by atoms with van der Waals surface area (Å²) in [6.45, 7) is 4.00. The standard InChI is InChI=1S/C20H21ClN4OS2/c1-13-4-8-16(9-5-13)27-11-18-23-24-20(25(18)3)28-12-19(26)22-17-10-15(21)7-6-14(17)2/h4-10H,11-12H2,1-3H3,(H,22,26). The third-order valence-corrected chi connectivity index (χ3v) is 6.38. The first-order chi connectivity index (χ1) is 13.4. The molecule has 0 aliphatic heterocycles. The summed E-state index contributed by atoms with van der Waals surface area (Å²) in [6.07, 6.45) is 0. The Labute approximate surface area is 178 Å². The second kappa shape index (κ2) is 9.49. The maximum atomic E-state index is 12.3. The van der Waals surface area contributed by atoms with Crippen molar-refractivity contribution >= 4 is 46.7 Å². The smallest absolute Gasteiger partial charge is 0.234 e. The van der Waals surface area contributed by atoms with Gasteiger partial charge in [0.25, 0.3) is 0 Å². The van der Waals surface area contributed by atoms with E-state index in [9.17, 15) is 4.79 Å². The molecule has 1 amide bonds. The van der Waals surface area contributed by atoms with Gasteiger partial charge in [-0.05, 0) is 43.7 Å². The fraction of sp³-hybridized carbons (Fsp3) is 0.250. The summed E-state index contributed by atoms with van der Waals surface area (Å²) in [5, 5.41) is 12.7. The Kier molecular flexibility index (Phi) is 7.04. The summed E-state index contributed by atoms with van der Waals surface area (Å²) < 4.78 is 1.93. The highest BCUT2D eigenvalue weighted by Crippen LogP contribution is 2.25. The Morgan fingerprint density at radius 1 is 1.11 bits per heavy atom. The topological polar surface area (TPSA) is 59.8 Å². The molecule has 3 aromatic rings. The molecular formula is C20H21ClN4OS2. The number of anilines is 1. The lowest BCUT2D eigenvalue weighted by atomic mass is 10.2. The van der Waals surface area contributed by atoms with Crippen LogP contribution in [0.5, 0.6) is 0 Å². The number of nitrogens with one attached hydrogen (secondary N) is 1. The highest BCUT2D eigenvalue weighted by molar-refractivity contribution is 7.99. The van der Waals surface area contributed by atoms with Crippen LogP contribution in [-0.2, 0) is 17.6 Å². The van der Waals surface area contributed by atoms with Gasteiger partial charge in [-0.1, -0.05) is 47.1 Å². The summed E-state index contributed by atoms with van der Waals surface area (Å²) in [5.74, 6) is 1.75. The van der Waals surface area contributed by atoms with Crippen molar-refractivity contribution < 1.29 is 4.79 Å². The minimum atomic E-state index is -0.103. The largest absolute Gasteiger partial charge is 0.325 e. The van der Waals surface area contributed by atoms with Gasteiger partial charge in [-0.3, -0.25) is 4.79 Å². The molecule has 0 fully saturated rings. The van der Waals surface area contributed by atoms with Gasteiger partial charge >= 0.3 is 0 Å². The van der Waals surface area contributed by atoms with Crippen LogP contribution in [0.2, 0.25) is 5.02 Å². The predicted octanol–water partition coefficient (Wildman–Crippen LogP) is 5.11. The summed E-state index contributed by atoms with van der Waals surface area (Å²) in [5.41, 5.74) is 2.94. The zero-order valence-electron chi connectivity index (χ0n) is 15.9. The number of amides is 1. The van der Waals surface area contributed by atoms with Crippen molar-refractivity contribution in [2.24, 2.45) is 7.05 Å². The second-order valence-electron chi connectivity index (χ2n) is 6.36. The van der Waals surface area contributed by atoms with Gasteiger partial charge in [0, 0.05) is 22.7 Å². The van der Waals surface area contributed by atoms with E-state index in [0.717, 1.165) is 28.0 Å². The zero-order chi connectivity index (χ0) is 20.1. The van der Waals surface area contributed by atoms with E-state index in [1.165, 1.54) is 22.2 Å². The van der Waals surface area contributed by atoms with Crippen LogP contribution in [0.3, 0.4) is 0 Å². The monoisotopic (exact) mass is 432 g/mol. The minimum Gasteiger partial charge on any atom is -0.325 e. The molecule has 8 heteroatoms. The third kappa shape index (κ3) is 5.53. The Hall–Kier alpha value is -1.96. The Bertz CT molecular complexity index is 973. The van der Waals surface area contributed by atoms with Crippen molar-refractivity contribution in [3.05, 3.63) is 64.4 Å². The number of aromatic nitrogens is 3. The predicted molar refractivity (Wildman–Crippen MR) is 117 cm³/mol. The van der Waals surface area contributed by atoms with E-state index in [4.69, 9.17) is 11.6 Å². The molecule has 0 bridgehead atoms. The molecule has 5 nitrogen and oxygen atoms in total. The molecule has 0 saturated heterocycles. The third-order valence-electron chi connectivity index (χ3n) is 4.12. The van der Waals surface area contributed by atoms with E-state index in [1.807, 2.05) is 24.6 Å². The van der Waals surface area contributed by atoms with E-state index in [2.05, 4.69) is 46.7 Å². The number of nitrogens with zero attached hydrogens (tertiary/aromatic N) is 3. The van der Waals surface area contributed by atoms with Gasteiger partial charge < -0.3 is 9.88 Å². The number of thioether (sulfide) groups is 2. The number of rotatable bonds is 7. The summed E-state index contributed by atoms with van der Waals surface area (Å²) in [6, 6.07) is 13.8. The molecule has 1 N–H and O–H groups in total. The maximum absolute atomic E-state index is 12.3. The van der Waals surface area contributed by atoms with E-state index in [-0.39, 0.29) is 11.7 Å². The maximum Gasteiger partial charge on any atom is 0.234 e. The molecule has 0 aliphatic carbocycles. The van der Waals surface area contributed by atoms with Gasteiger partial charge in [-0.15, -0.1) is 22.0 Å². The van der Waals surface area contributed by atoms with Gasteiger partial charge in [0.05, 0.1) is 11.5 Å². The van der Waals surface area contributed by atoms with Crippen molar-refractivity contribution in [3.8, 4) is 0 Å². The molecule has 1 heterocycles. The van der Waals surface area contributed by atoms with Crippen molar-refractivity contribution in [3.63, 3.8) is 0 Å². The lowest BCUT2D eigenvalue weighted by molar-refractivity contribution is -0.113. The van der Waals surface area contributed by atoms with Crippen LogP contribution < -0.4 is 5.32 Å². The summed E-state index contributed by atoms with van der Waals surface area (Å²) in [4.78, 5) is 13.5. The number of hydrogen-bond donors (Lipinski definition) is 1. The molecule has 1 aromatic heterocycles. The molecule has 0 radical (unpaired) electrons. The number of halogens is 1. The Balaban J connectivity index is 1.54. The van der Waals surface area contributed by atoms with E-state index in [0.29, 0.717) is 5.02 Å². The van der Waals surface area contributed by atoms with Crippen LogP contribution in [0.4, 0.5) is 5.69 Å². The van der Waals surface area contributed by atoms with E-state index < -0.39 is 0 Å². The van der Waals surface area contributed by atoms with Gasteiger partial charge in [0.2, 0.25) is 5.91 Å². The normalized spacial score (nSPS) is 10.9. The Morgan fingerprint density at radius 2 is 1.86 bits per heavy atom. The van der Waals surface area contributed by atoms with Crippen molar-refractivity contribution in [2.45, 2.75) is 29.7 Å².